The van der Waals surface area contributed by atoms with E-state index in [1.165, 1.54) is 38.6 Å². The Morgan fingerprint density at radius 1 is 0.881 bits per heavy atom. The zero-order valence-corrected chi connectivity index (χ0v) is 22.9. The molecule has 6 rings (SSSR count). The van der Waals surface area contributed by atoms with Gasteiger partial charge in [0.05, 0.1) is 12.2 Å². The lowest BCUT2D eigenvalue weighted by Gasteiger charge is -2.39. The van der Waals surface area contributed by atoms with Crippen LogP contribution in [0, 0.1) is 23.7 Å². The maximum atomic E-state index is 11.7. The number of aromatic nitrogens is 3. The zero-order valence-electron chi connectivity index (χ0n) is 22.9. The molecule has 2 aliphatic carbocycles. The normalized spacial score (nSPS) is 26.0. The van der Waals surface area contributed by atoms with Gasteiger partial charge in [-0.25, -0.2) is 9.59 Å². The van der Waals surface area contributed by atoms with Crippen molar-refractivity contribution < 1.29 is 50.9 Å². The van der Waals surface area contributed by atoms with Crippen LogP contribution in [0.3, 0.4) is 0 Å². The number of fused-ring (bicyclic) bond motifs is 1. The Hall–Kier alpha value is -2.95. The molecule has 1 amide bonds. The molecular weight excluding hydrogens is 578 g/mol. The fourth-order valence-corrected chi connectivity index (χ4v) is 6.54. The minimum Gasteiger partial charge on any atom is -0.475 e. The highest BCUT2D eigenvalue weighted by Crippen LogP contribution is 2.47. The van der Waals surface area contributed by atoms with E-state index in [2.05, 4.69) is 21.4 Å². The molecule has 42 heavy (non-hydrogen) atoms. The van der Waals surface area contributed by atoms with Crippen molar-refractivity contribution in [3.05, 3.63) is 11.9 Å². The number of carbonyl (C=O) groups excluding carboxylic acids is 1. The maximum absolute atomic E-state index is 11.7. The third kappa shape index (κ3) is 9.81. The third-order valence-electron chi connectivity index (χ3n) is 8.24. The summed E-state index contributed by atoms with van der Waals surface area (Å²) in [5.41, 5.74) is 6.60. The molecule has 0 spiro atoms. The Balaban J connectivity index is 0.000000289. The van der Waals surface area contributed by atoms with Gasteiger partial charge in [-0.1, -0.05) is 5.21 Å². The second-order valence-electron chi connectivity index (χ2n) is 11.4. The lowest BCUT2D eigenvalue weighted by atomic mass is 9.68. The molecule has 5 aliphatic rings. The molecule has 2 saturated carbocycles. The molecule has 4 bridgehead atoms. The van der Waals surface area contributed by atoms with Crippen LogP contribution in [0.2, 0.25) is 0 Å². The number of aliphatic carboxylic acids is 2. The average Bonchev–Trinajstić information content (AvgIpc) is 3.25. The van der Waals surface area contributed by atoms with Crippen LogP contribution in [0.4, 0.5) is 26.3 Å². The van der Waals surface area contributed by atoms with Crippen LogP contribution in [-0.2, 0) is 27.5 Å². The lowest BCUT2D eigenvalue weighted by molar-refractivity contribution is -0.193. The second kappa shape index (κ2) is 14.0. The smallest absolute Gasteiger partial charge is 0.475 e. The van der Waals surface area contributed by atoms with Gasteiger partial charge in [-0.05, 0) is 68.6 Å². The van der Waals surface area contributed by atoms with Crippen molar-refractivity contribution in [1.82, 2.24) is 24.8 Å². The van der Waals surface area contributed by atoms with Crippen LogP contribution < -0.4 is 5.73 Å². The molecule has 5 fully saturated rings. The number of amides is 1. The van der Waals surface area contributed by atoms with Crippen molar-refractivity contribution in [3.8, 4) is 0 Å². The molecule has 0 radical (unpaired) electrons. The Labute approximate surface area is 238 Å². The number of alkyl halides is 6. The van der Waals surface area contributed by atoms with Crippen molar-refractivity contribution in [3.63, 3.8) is 0 Å². The van der Waals surface area contributed by atoms with E-state index in [9.17, 15) is 31.1 Å². The van der Waals surface area contributed by atoms with E-state index in [0.29, 0.717) is 5.92 Å². The summed E-state index contributed by atoms with van der Waals surface area (Å²) in [6.45, 7) is 4.90. The van der Waals surface area contributed by atoms with E-state index in [4.69, 9.17) is 25.5 Å². The van der Waals surface area contributed by atoms with Crippen LogP contribution in [-0.4, -0.2) is 97.4 Å². The number of carboxylic acid groups (broad SMARTS) is 2. The Morgan fingerprint density at radius 2 is 1.38 bits per heavy atom. The number of carbonyl (C=O) groups is 3. The minimum absolute atomic E-state index is 0.0711. The van der Waals surface area contributed by atoms with E-state index in [0.717, 1.165) is 68.5 Å². The molecule has 1 aromatic heterocycles. The molecule has 3 saturated heterocycles. The summed E-state index contributed by atoms with van der Waals surface area (Å²) in [5.74, 6) is -1.99. The van der Waals surface area contributed by atoms with Gasteiger partial charge in [0.25, 0.3) is 0 Å². The highest BCUT2D eigenvalue weighted by Gasteiger charge is 2.43. The molecule has 11 nitrogen and oxygen atoms in total. The van der Waals surface area contributed by atoms with Crippen LogP contribution in [0.15, 0.2) is 6.20 Å². The molecular formula is C25H36F6N6O5. The number of likely N-dealkylation sites (tertiary alicyclic amines) is 1. The standard InChI is InChI=1S/C21H34N6O.2C2HF3O2/c22-10-21(28)25-3-1-15(2-4-25)12-27-14-19(23-24-27)13-26-11-18-6-16-5-17(7-18)9-20(26)8-16;2*3-2(4,5)1(6)7/h14-18,20H,1-13,22H2;2*(H,6,7)/t16-,17+,18?,20?;;. The predicted molar refractivity (Wildman–Crippen MR) is 134 cm³/mol. The fourth-order valence-electron chi connectivity index (χ4n) is 6.54. The first-order chi connectivity index (χ1) is 19.5. The van der Waals surface area contributed by atoms with Gasteiger partial charge in [0.1, 0.15) is 0 Å². The Kier molecular flexibility index (Phi) is 11.2. The topological polar surface area (TPSA) is 155 Å². The zero-order chi connectivity index (χ0) is 31.2. The summed E-state index contributed by atoms with van der Waals surface area (Å²) in [6, 6.07) is 0.769. The first-order valence-electron chi connectivity index (χ1n) is 13.8. The summed E-state index contributed by atoms with van der Waals surface area (Å²) in [4.78, 5) is 34.1. The van der Waals surface area contributed by atoms with E-state index >= 15 is 0 Å². The summed E-state index contributed by atoms with van der Waals surface area (Å²) in [7, 11) is 0. The van der Waals surface area contributed by atoms with Gasteiger partial charge in [-0.3, -0.25) is 14.4 Å². The molecule has 4 N–H and O–H groups in total. The number of rotatable bonds is 5. The van der Waals surface area contributed by atoms with E-state index < -0.39 is 24.3 Å². The van der Waals surface area contributed by atoms with Crippen LogP contribution >= 0.6 is 0 Å². The molecule has 2 unspecified atom stereocenters. The Morgan fingerprint density at radius 3 is 1.86 bits per heavy atom. The van der Waals surface area contributed by atoms with Crippen molar-refractivity contribution in [1.29, 1.82) is 0 Å². The van der Waals surface area contributed by atoms with Gasteiger partial charge in [0, 0.05) is 45.0 Å². The molecule has 238 valence electrons. The summed E-state index contributed by atoms with van der Waals surface area (Å²) in [6.07, 6.45) is 1.27. The number of carboxylic acids is 2. The van der Waals surface area contributed by atoms with Crippen LogP contribution in [0.1, 0.15) is 50.6 Å². The van der Waals surface area contributed by atoms with E-state index in [1.807, 2.05) is 9.58 Å². The van der Waals surface area contributed by atoms with Gasteiger partial charge in [0.2, 0.25) is 5.91 Å². The molecule has 4 atom stereocenters. The third-order valence-corrected chi connectivity index (χ3v) is 8.24. The van der Waals surface area contributed by atoms with Gasteiger partial charge in [0.15, 0.2) is 0 Å². The SMILES string of the molecule is NCC(=O)N1CCC(Cn2cc(CN3CC4C[C@@H]5CC3C[C@H](C4)C5)nn2)CC1.O=C(O)C(F)(F)F.O=C(O)C(F)(F)F. The number of nitrogens with zero attached hydrogens (tertiary/aromatic N) is 5. The lowest BCUT2D eigenvalue weighted by Crippen LogP contribution is -2.42. The van der Waals surface area contributed by atoms with Gasteiger partial charge >= 0.3 is 24.3 Å². The second-order valence-corrected chi connectivity index (χ2v) is 11.4. The monoisotopic (exact) mass is 614 g/mol. The fraction of sp³-hybridized carbons (Fsp3) is 0.800. The average molecular weight is 615 g/mol. The van der Waals surface area contributed by atoms with Gasteiger partial charge in [-0.15, -0.1) is 5.10 Å². The van der Waals surface area contributed by atoms with Crippen molar-refractivity contribution in [2.45, 2.75) is 76.4 Å². The molecule has 17 heteroatoms. The first-order valence-corrected chi connectivity index (χ1v) is 13.8. The maximum Gasteiger partial charge on any atom is 0.490 e. The minimum atomic E-state index is -5.08. The highest BCUT2D eigenvalue weighted by atomic mass is 19.4. The largest absolute Gasteiger partial charge is 0.490 e. The quantitative estimate of drug-likeness (QED) is 0.425. The number of nitrogens with two attached hydrogens (primary N) is 1. The Bertz CT molecular complexity index is 1040. The number of halogens is 6. The highest BCUT2D eigenvalue weighted by molar-refractivity contribution is 5.78. The van der Waals surface area contributed by atoms with Gasteiger partial charge < -0.3 is 20.8 Å². The van der Waals surface area contributed by atoms with Crippen molar-refractivity contribution in [2.24, 2.45) is 29.4 Å². The van der Waals surface area contributed by atoms with E-state index in [1.54, 1.807) is 0 Å². The van der Waals surface area contributed by atoms with E-state index in [-0.39, 0.29) is 12.5 Å². The van der Waals surface area contributed by atoms with Gasteiger partial charge in [-0.2, -0.15) is 26.3 Å². The number of hydrogen-bond donors (Lipinski definition) is 3. The molecule has 4 heterocycles. The van der Waals surface area contributed by atoms with Crippen LogP contribution in [0.25, 0.3) is 0 Å². The molecule has 0 aromatic carbocycles. The summed E-state index contributed by atoms with van der Waals surface area (Å²) >= 11 is 0. The summed E-state index contributed by atoms with van der Waals surface area (Å²) in [5, 5.41) is 23.2. The first kappa shape index (κ1) is 33.6. The van der Waals surface area contributed by atoms with Crippen molar-refractivity contribution in [2.75, 3.05) is 26.2 Å². The number of piperidine rings is 1. The predicted octanol–water partition coefficient (Wildman–Crippen LogP) is 2.75. The molecule has 3 aliphatic heterocycles. The molecule has 1 aromatic rings. The van der Waals surface area contributed by atoms with Crippen LogP contribution in [0.5, 0.6) is 0 Å². The van der Waals surface area contributed by atoms with Crippen molar-refractivity contribution >= 4 is 17.8 Å². The summed E-state index contributed by atoms with van der Waals surface area (Å²) < 4.78 is 65.5. The number of hydrogen-bond acceptors (Lipinski definition) is 7.